The molecule has 2 amide bonds. The molecule has 2 saturated heterocycles. The van der Waals surface area contributed by atoms with E-state index in [0.717, 1.165) is 56.1 Å². The second-order valence-electron chi connectivity index (χ2n) is 7.91. The van der Waals surface area contributed by atoms with E-state index < -0.39 is 0 Å². The molecule has 2 aliphatic rings. The normalized spacial score (nSPS) is 18.2. The summed E-state index contributed by atoms with van der Waals surface area (Å²) in [5.41, 5.74) is 1.17. The largest absolute Gasteiger partial charge is 0.497 e. The van der Waals surface area contributed by atoms with Crippen LogP contribution in [0, 0.1) is 5.92 Å². The Morgan fingerprint density at radius 2 is 1.70 bits per heavy atom. The van der Waals surface area contributed by atoms with Gasteiger partial charge >= 0.3 is 0 Å². The third-order valence-electron chi connectivity index (χ3n) is 6.11. The van der Waals surface area contributed by atoms with E-state index in [9.17, 15) is 9.59 Å². The summed E-state index contributed by atoms with van der Waals surface area (Å²) in [6.45, 7) is 4.68. The summed E-state index contributed by atoms with van der Waals surface area (Å²) in [5.74, 6) is 1.25. The van der Waals surface area contributed by atoms with Crippen molar-refractivity contribution in [2.24, 2.45) is 5.92 Å². The van der Waals surface area contributed by atoms with E-state index in [-0.39, 0.29) is 17.7 Å². The van der Waals surface area contributed by atoms with Crippen molar-refractivity contribution < 1.29 is 14.3 Å². The van der Waals surface area contributed by atoms with Crippen molar-refractivity contribution >= 4 is 28.8 Å². The van der Waals surface area contributed by atoms with Gasteiger partial charge < -0.3 is 19.4 Å². The summed E-state index contributed by atoms with van der Waals surface area (Å²) in [4.78, 5) is 32.7. The Bertz CT molecular complexity index is 845. The first kappa shape index (κ1) is 20.7. The van der Waals surface area contributed by atoms with Crippen LogP contribution in [0.1, 0.15) is 28.9 Å². The van der Waals surface area contributed by atoms with Crippen LogP contribution in [0.25, 0.3) is 0 Å². The van der Waals surface area contributed by atoms with Gasteiger partial charge in [0.2, 0.25) is 5.91 Å². The van der Waals surface area contributed by atoms with Crippen LogP contribution in [-0.4, -0.2) is 68.0 Å². The molecule has 7 heteroatoms. The smallest absolute Gasteiger partial charge is 0.263 e. The van der Waals surface area contributed by atoms with Crippen molar-refractivity contribution in [3.05, 3.63) is 46.7 Å². The number of thiophene rings is 1. The molecule has 3 heterocycles. The quantitative estimate of drug-likeness (QED) is 0.751. The second kappa shape index (κ2) is 9.51. The topological polar surface area (TPSA) is 53.1 Å². The van der Waals surface area contributed by atoms with Crippen LogP contribution in [0.15, 0.2) is 41.8 Å². The number of benzene rings is 1. The fourth-order valence-electron chi connectivity index (χ4n) is 4.33. The second-order valence-corrected chi connectivity index (χ2v) is 8.86. The first-order valence-corrected chi connectivity index (χ1v) is 11.5. The molecule has 0 aliphatic carbocycles. The molecule has 30 heavy (non-hydrogen) atoms. The zero-order chi connectivity index (χ0) is 20.9. The molecule has 0 saturated carbocycles. The van der Waals surface area contributed by atoms with Gasteiger partial charge in [0.15, 0.2) is 0 Å². The number of carbonyl (C=O) groups is 2. The van der Waals surface area contributed by atoms with Gasteiger partial charge in [-0.3, -0.25) is 9.59 Å². The molecule has 2 aliphatic heterocycles. The van der Waals surface area contributed by atoms with Crippen LogP contribution >= 0.6 is 11.3 Å². The molecule has 4 rings (SSSR count). The van der Waals surface area contributed by atoms with E-state index in [2.05, 4.69) is 17.0 Å². The molecule has 0 atom stereocenters. The first-order valence-electron chi connectivity index (χ1n) is 10.7. The number of piperidine rings is 1. The summed E-state index contributed by atoms with van der Waals surface area (Å²) in [7, 11) is 1.67. The van der Waals surface area contributed by atoms with Crippen LogP contribution in [0.5, 0.6) is 5.75 Å². The van der Waals surface area contributed by atoms with E-state index in [0.29, 0.717) is 13.1 Å². The summed E-state index contributed by atoms with van der Waals surface area (Å²) in [6, 6.07) is 11.9. The average molecular weight is 428 g/mol. The average Bonchev–Trinajstić information content (AvgIpc) is 3.23. The van der Waals surface area contributed by atoms with Gasteiger partial charge in [0.1, 0.15) is 5.75 Å². The zero-order valence-corrected chi connectivity index (χ0v) is 18.3. The summed E-state index contributed by atoms with van der Waals surface area (Å²) < 4.78 is 5.24. The lowest BCUT2D eigenvalue weighted by Gasteiger charge is -2.34. The number of nitrogens with zero attached hydrogens (tertiary/aromatic N) is 3. The van der Waals surface area contributed by atoms with Crippen molar-refractivity contribution in [1.82, 2.24) is 9.80 Å². The third-order valence-corrected chi connectivity index (χ3v) is 6.97. The monoisotopic (exact) mass is 427 g/mol. The van der Waals surface area contributed by atoms with E-state index in [4.69, 9.17) is 4.74 Å². The number of hydrogen-bond donors (Lipinski definition) is 0. The minimum Gasteiger partial charge on any atom is -0.497 e. The van der Waals surface area contributed by atoms with E-state index in [1.54, 1.807) is 7.11 Å². The zero-order valence-electron chi connectivity index (χ0n) is 17.5. The Balaban J connectivity index is 1.29. The molecule has 2 fully saturated rings. The number of amides is 2. The van der Waals surface area contributed by atoms with Gasteiger partial charge in [-0.05, 0) is 55.0 Å². The number of rotatable bonds is 4. The highest BCUT2D eigenvalue weighted by Gasteiger charge is 2.31. The van der Waals surface area contributed by atoms with Gasteiger partial charge in [-0.25, -0.2) is 0 Å². The number of carbonyl (C=O) groups excluding carboxylic acids is 2. The number of ether oxygens (including phenoxy) is 1. The van der Waals surface area contributed by atoms with Gasteiger partial charge in [-0.2, -0.15) is 0 Å². The number of likely N-dealkylation sites (tertiary alicyclic amines) is 1. The van der Waals surface area contributed by atoms with Crippen molar-refractivity contribution in [2.45, 2.75) is 19.3 Å². The van der Waals surface area contributed by atoms with Gasteiger partial charge in [0, 0.05) is 50.9 Å². The lowest BCUT2D eigenvalue weighted by atomic mass is 9.95. The van der Waals surface area contributed by atoms with Crippen LogP contribution in [-0.2, 0) is 4.79 Å². The first-order chi connectivity index (χ1) is 14.7. The highest BCUT2D eigenvalue weighted by atomic mass is 32.1. The molecular weight excluding hydrogens is 398 g/mol. The summed E-state index contributed by atoms with van der Waals surface area (Å²) in [6.07, 6.45) is 2.48. The maximum Gasteiger partial charge on any atom is 0.263 e. The fraction of sp³-hybridized carbons (Fsp3) is 0.478. The maximum absolute atomic E-state index is 13.1. The Morgan fingerprint density at radius 3 is 2.37 bits per heavy atom. The Labute approximate surface area is 182 Å². The standard InChI is InChI=1S/C23H29N3O3S/c1-29-20-7-5-19(6-8-20)24-11-3-12-25(16-15-24)22(27)18-9-13-26(14-10-18)23(28)21-4-2-17-30-21/h2,4-8,17-18H,3,9-16H2,1H3. The van der Waals surface area contributed by atoms with Gasteiger partial charge in [0.05, 0.1) is 12.0 Å². The molecular formula is C23H29N3O3S. The molecule has 6 nitrogen and oxygen atoms in total. The molecule has 0 N–H and O–H groups in total. The summed E-state index contributed by atoms with van der Waals surface area (Å²) in [5, 5.41) is 1.93. The SMILES string of the molecule is COc1ccc(N2CCCN(C(=O)C3CCN(C(=O)c4cccs4)CC3)CC2)cc1. The lowest BCUT2D eigenvalue weighted by molar-refractivity contribution is -0.136. The molecule has 1 aromatic heterocycles. The number of hydrogen-bond acceptors (Lipinski definition) is 5. The molecule has 2 aromatic rings. The minimum absolute atomic E-state index is 0.0323. The summed E-state index contributed by atoms with van der Waals surface area (Å²) >= 11 is 1.48. The predicted molar refractivity (Wildman–Crippen MR) is 119 cm³/mol. The Morgan fingerprint density at radius 1 is 0.933 bits per heavy atom. The van der Waals surface area contributed by atoms with Gasteiger partial charge in [0.25, 0.3) is 5.91 Å². The fourth-order valence-corrected chi connectivity index (χ4v) is 5.02. The van der Waals surface area contributed by atoms with Crippen LogP contribution < -0.4 is 9.64 Å². The van der Waals surface area contributed by atoms with Crippen LogP contribution in [0.3, 0.4) is 0 Å². The molecule has 0 radical (unpaired) electrons. The highest BCUT2D eigenvalue weighted by molar-refractivity contribution is 7.12. The Kier molecular flexibility index (Phi) is 6.57. The van der Waals surface area contributed by atoms with Gasteiger partial charge in [-0.1, -0.05) is 6.07 Å². The van der Waals surface area contributed by atoms with Crippen molar-refractivity contribution in [3.8, 4) is 5.75 Å². The molecule has 160 valence electrons. The lowest BCUT2D eigenvalue weighted by Crippen LogP contribution is -2.45. The van der Waals surface area contributed by atoms with E-state index in [1.165, 1.54) is 17.0 Å². The van der Waals surface area contributed by atoms with E-state index in [1.807, 2.05) is 39.4 Å². The van der Waals surface area contributed by atoms with Crippen LogP contribution in [0.2, 0.25) is 0 Å². The molecule has 1 aromatic carbocycles. The Hall–Kier alpha value is -2.54. The molecule has 0 unspecified atom stereocenters. The number of anilines is 1. The maximum atomic E-state index is 13.1. The molecule has 0 spiro atoms. The van der Waals surface area contributed by atoms with Crippen molar-refractivity contribution in [3.63, 3.8) is 0 Å². The van der Waals surface area contributed by atoms with Crippen molar-refractivity contribution in [2.75, 3.05) is 51.3 Å². The van der Waals surface area contributed by atoms with Crippen molar-refractivity contribution in [1.29, 1.82) is 0 Å². The highest BCUT2D eigenvalue weighted by Crippen LogP contribution is 2.24. The van der Waals surface area contributed by atoms with Gasteiger partial charge in [-0.15, -0.1) is 11.3 Å². The van der Waals surface area contributed by atoms with E-state index >= 15 is 0 Å². The molecule has 0 bridgehead atoms. The predicted octanol–water partition coefficient (Wildman–Crippen LogP) is 3.35. The third kappa shape index (κ3) is 4.61. The van der Waals surface area contributed by atoms with Crippen LogP contribution in [0.4, 0.5) is 5.69 Å². The minimum atomic E-state index is 0.0323. The number of methoxy groups -OCH3 is 1.